The zero-order chi connectivity index (χ0) is 20.5. The van der Waals surface area contributed by atoms with Crippen molar-refractivity contribution >= 4 is 23.5 Å². The summed E-state index contributed by atoms with van der Waals surface area (Å²) in [5, 5.41) is 19.9. The molecule has 0 bridgehead atoms. The zero-order valence-corrected chi connectivity index (χ0v) is 15.9. The highest BCUT2D eigenvalue weighted by molar-refractivity contribution is 6.06. The monoisotopic (exact) mass is 389 g/mol. The lowest BCUT2D eigenvalue weighted by Gasteiger charge is -2.29. The lowest BCUT2D eigenvalue weighted by Crippen LogP contribution is -2.32. The van der Waals surface area contributed by atoms with Gasteiger partial charge in [0, 0.05) is 11.4 Å². The van der Waals surface area contributed by atoms with Crippen LogP contribution in [0.1, 0.15) is 34.5 Å². The van der Waals surface area contributed by atoms with E-state index in [9.17, 15) is 14.7 Å². The van der Waals surface area contributed by atoms with Gasteiger partial charge >= 0.3 is 5.97 Å². The molecule has 0 spiro atoms. The second-order valence-corrected chi connectivity index (χ2v) is 6.81. The molecule has 0 saturated heterocycles. The zero-order valence-electron chi connectivity index (χ0n) is 15.9. The standard InChI is InChI=1S/C21H19N5O3/c1-12-6-5-7-14(10-12)25-19(27)17-13(2)24-21-22-11-23-26(21)18(17)15-8-3-4-9-16(15)20(28)29/h3-11,18H,1-2H3,(H,25,27)(H,28,29)(H,22,23,24). The van der Waals surface area contributed by atoms with Gasteiger partial charge in [-0.25, -0.2) is 9.48 Å². The van der Waals surface area contributed by atoms with Crippen LogP contribution >= 0.6 is 0 Å². The molecule has 1 atom stereocenters. The predicted molar refractivity (Wildman–Crippen MR) is 108 cm³/mol. The molecule has 1 aromatic heterocycles. The second-order valence-electron chi connectivity index (χ2n) is 6.81. The van der Waals surface area contributed by atoms with Crippen molar-refractivity contribution in [3.8, 4) is 0 Å². The molecule has 1 unspecified atom stereocenters. The number of nitrogens with one attached hydrogen (secondary N) is 2. The molecular formula is C21H19N5O3. The summed E-state index contributed by atoms with van der Waals surface area (Å²) in [5.74, 6) is -0.969. The van der Waals surface area contributed by atoms with Gasteiger partial charge in [0.2, 0.25) is 5.95 Å². The first-order chi connectivity index (χ1) is 14.0. The van der Waals surface area contributed by atoms with Crippen molar-refractivity contribution in [2.75, 3.05) is 10.6 Å². The van der Waals surface area contributed by atoms with Crippen molar-refractivity contribution in [1.29, 1.82) is 0 Å². The number of allylic oxidation sites excluding steroid dienone is 1. The van der Waals surface area contributed by atoms with E-state index in [1.54, 1.807) is 31.2 Å². The van der Waals surface area contributed by atoms with Gasteiger partial charge < -0.3 is 15.7 Å². The van der Waals surface area contributed by atoms with Crippen LogP contribution in [0.3, 0.4) is 0 Å². The third-order valence-corrected chi connectivity index (χ3v) is 4.80. The first kappa shape index (κ1) is 18.4. The van der Waals surface area contributed by atoms with Gasteiger partial charge in [0.05, 0.1) is 11.1 Å². The number of amides is 1. The van der Waals surface area contributed by atoms with Gasteiger partial charge in [-0.05, 0) is 43.2 Å². The van der Waals surface area contributed by atoms with E-state index in [0.717, 1.165) is 5.56 Å². The summed E-state index contributed by atoms with van der Waals surface area (Å²) in [5.41, 5.74) is 3.20. The third kappa shape index (κ3) is 3.36. The third-order valence-electron chi connectivity index (χ3n) is 4.80. The van der Waals surface area contributed by atoms with Crippen LogP contribution in [-0.4, -0.2) is 31.7 Å². The van der Waals surface area contributed by atoms with Crippen molar-refractivity contribution in [3.63, 3.8) is 0 Å². The van der Waals surface area contributed by atoms with Gasteiger partial charge in [0.25, 0.3) is 5.91 Å². The maximum absolute atomic E-state index is 13.3. The molecule has 3 N–H and O–H groups in total. The molecule has 3 aromatic rings. The van der Waals surface area contributed by atoms with Crippen LogP contribution in [0.5, 0.6) is 0 Å². The number of aromatic carboxylic acids is 1. The van der Waals surface area contributed by atoms with E-state index >= 15 is 0 Å². The molecule has 2 heterocycles. The number of anilines is 2. The van der Waals surface area contributed by atoms with Crippen LogP contribution in [-0.2, 0) is 4.79 Å². The minimum atomic E-state index is -1.07. The molecular weight excluding hydrogens is 370 g/mol. The summed E-state index contributed by atoms with van der Waals surface area (Å²) in [6, 6.07) is 13.3. The fraction of sp³-hybridized carbons (Fsp3) is 0.143. The maximum atomic E-state index is 13.3. The highest BCUT2D eigenvalue weighted by Crippen LogP contribution is 2.36. The van der Waals surface area contributed by atoms with Crippen molar-refractivity contribution in [2.24, 2.45) is 0 Å². The van der Waals surface area contributed by atoms with Crippen molar-refractivity contribution < 1.29 is 14.7 Å². The quantitative estimate of drug-likeness (QED) is 0.632. The van der Waals surface area contributed by atoms with E-state index in [4.69, 9.17) is 0 Å². The molecule has 0 fully saturated rings. The minimum absolute atomic E-state index is 0.106. The number of carboxylic acids is 1. The summed E-state index contributed by atoms with van der Waals surface area (Å²) in [4.78, 5) is 29.3. The first-order valence-electron chi connectivity index (χ1n) is 9.03. The Balaban J connectivity index is 1.83. The van der Waals surface area contributed by atoms with Crippen molar-refractivity contribution in [3.05, 3.63) is 82.8 Å². The number of carboxylic acid groups (broad SMARTS) is 1. The highest BCUT2D eigenvalue weighted by atomic mass is 16.4. The van der Waals surface area contributed by atoms with E-state index in [0.29, 0.717) is 28.5 Å². The van der Waals surface area contributed by atoms with E-state index in [1.165, 1.54) is 17.1 Å². The molecule has 0 aliphatic carbocycles. The van der Waals surface area contributed by atoms with Gasteiger partial charge in [-0.15, -0.1) is 0 Å². The topological polar surface area (TPSA) is 109 Å². The lowest BCUT2D eigenvalue weighted by atomic mass is 9.91. The Morgan fingerprint density at radius 1 is 1.14 bits per heavy atom. The van der Waals surface area contributed by atoms with Crippen LogP contribution in [0.4, 0.5) is 11.6 Å². The van der Waals surface area contributed by atoms with Gasteiger partial charge in [-0.3, -0.25) is 4.79 Å². The fourth-order valence-corrected chi connectivity index (χ4v) is 3.52. The molecule has 0 radical (unpaired) electrons. The smallest absolute Gasteiger partial charge is 0.336 e. The molecule has 1 aliphatic rings. The number of aryl methyl sites for hydroxylation is 1. The molecule has 8 heteroatoms. The Labute approximate surface area is 166 Å². The number of carbonyl (C=O) groups is 2. The summed E-state index contributed by atoms with van der Waals surface area (Å²) >= 11 is 0. The van der Waals surface area contributed by atoms with Gasteiger partial charge in [0.1, 0.15) is 12.4 Å². The number of hydrogen-bond acceptors (Lipinski definition) is 5. The number of fused-ring (bicyclic) bond motifs is 1. The molecule has 8 nitrogen and oxygen atoms in total. The van der Waals surface area contributed by atoms with Crippen molar-refractivity contribution in [2.45, 2.75) is 19.9 Å². The largest absolute Gasteiger partial charge is 0.478 e. The normalized spacial score (nSPS) is 15.4. The molecule has 1 amide bonds. The second kappa shape index (κ2) is 7.23. The van der Waals surface area contributed by atoms with Crippen LogP contribution in [0.2, 0.25) is 0 Å². The Hall–Kier alpha value is -3.94. The molecule has 2 aromatic carbocycles. The fourth-order valence-electron chi connectivity index (χ4n) is 3.52. The molecule has 1 aliphatic heterocycles. The Bertz CT molecular complexity index is 1150. The summed E-state index contributed by atoms with van der Waals surface area (Å²) in [6.45, 7) is 3.70. The van der Waals surface area contributed by atoms with Crippen LogP contribution in [0.25, 0.3) is 0 Å². The number of rotatable bonds is 4. The predicted octanol–water partition coefficient (Wildman–Crippen LogP) is 3.21. The van der Waals surface area contributed by atoms with Crippen molar-refractivity contribution in [1.82, 2.24) is 14.8 Å². The number of benzene rings is 2. The molecule has 0 saturated carbocycles. The first-order valence-corrected chi connectivity index (χ1v) is 9.03. The highest BCUT2D eigenvalue weighted by Gasteiger charge is 2.35. The Morgan fingerprint density at radius 3 is 2.69 bits per heavy atom. The average Bonchev–Trinajstić information content (AvgIpc) is 3.14. The Morgan fingerprint density at radius 2 is 1.93 bits per heavy atom. The lowest BCUT2D eigenvalue weighted by molar-refractivity contribution is -0.113. The summed E-state index contributed by atoms with van der Waals surface area (Å²) in [6.07, 6.45) is 1.37. The van der Waals surface area contributed by atoms with Gasteiger partial charge in [0.15, 0.2) is 0 Å². The van der Waals surface area contributed by atoms with Crippen LogP contribution < -0.4 is 10.6 Å². The van der Waals surface area contributed by atoms with Gasteiger partial charge in [-0.1, -0.05) is 30.3 Å². The number of aromatic nitrogens is 3. The Kier molecular flexibility index (Phi) is 4.59. The number of nitrogens with zero attached hydrogens (tertiary/aromatic N) is 3. The van der Waals surface area contributed by atoms with E-state index in [1.807, 2.05) is 25.1 Å². The van der Waals surface area contributed by atoms with E-state index < -0.39 is 12.0 Å². The molecule has 29 heavy (non-hydrogen) atoms. The van der Waals surface area contributed by atoms with Gasteiger partial charge in [-0.2, -0.15) is 10.1 Å². The van der Waals surface area contributed by atoms with E-state index in [-0.39, 0.29) is 11.5 Å². The maximum Gasteiger partial charge on any atom is 0.336 e. The number of carbonyl (C=O) groups excluding carboxylic acids is 1. The summed E-state index contributed by atoms with van der Waals surface area (Å²) < 4.78 is 1.53. The van der Waals surface area contributed by atoms with E-state index in [2.05, 4.69) is 20.7 Å². The van der Waals surface area contributed by atoms with Crippen LogP contribution in [0.15, 0.2) is 66.1 Å². The molecule has 4 rings (SSSR count). The average molecular weight is 389 g/mol. The number of hydrogen-bond donors (Lipinski definition) is 3. The SMILES string of the molecule is CC1=C(C(=O)Nc2cccc(C)c2)C(c2ccccc2C(=O)O)n2ncnc2N1. The van der Waals surface area contributed by atoms with Crippen LogP contribution in [0, 0.1) is 6.92 Å². The minimum Gasteiger partial charge on any atom is -0.478 e. The summed E-state index contributed by atoms with van der Waals surface area (Å²) in [7, 11) is 0. The molecule has 146 valence electrons.